The Morgan fingerprint density at radius 2 is 1.53 bits per heavy atom. The van der Waals surface area contributed by atoms with Crippen LogP contribution in [0, 0.1) is 18.8 Å². The molecule has 1 heterocycles. The van der Waals surface area contributed by atoms with E-state index in [4.69, 9.17) is 4.42 Å². The summed E-state index contributed by atoms with van der Waals surface area (Å²) < 4.78 is 6.15. The predicted octanol–water partition coefficient (Wildman–Crippen LogP) is 8.40. The van der Waals surface area contributed by atoms with Crippen LogP contribution in [0.5, 0.6) is 0 Å². The Bertz CT molecular complexity index is 1090. The second-order valence-electron chi connectivity index (χ2n) is 13.5. The van der Waals surface area contributed by atoms with Crippen LogP contribution in [0.3, 0.4) is 0 Å². The molecule has 36 heavy (non-hydrogen) atoms. The van der Waals surface area contributed by atoms with Crippen molar-refractivity contribution in [3.05, 3.63) is 58.0 Å². The molecule has 3 aliphatic carbocycles. The Hall–Kier alpha value is -2.03. The third kappa shape index (κ3) is 5.18. The molecule has 5 rings (SSSR count). The van der Waals surface area contributed by atoms with Crippen LogP contribution in [0.15, 0.2) is 28.7 Å². The Kier molecular flexibility index (Phi) is 7.13. The van der Waals surface area contributed by atoms with Gasteiger partial charge < -0.3 is 9.73 Å². The van der Waals surface area contributed by atoms with Crippen LogP contribution in [0.4, 0.5) is 0 Å². The summed E-state index contributed by atoms with van der Waals surface area (Å²) in [6.07, 6.45) is 14.9. The highest BCUT2D eigenvalue weighted by molar-refractivity contribution is 5.91. The van der Waals surface area contributed by atoms with Crippen LogP contribution in [0.1, 0.15) is 137 Å². The number of benzene rings is 1. The van der Waals surface area contributed by atoms with Gasteiger partial charge in [0.2, 0.25) is 0 Å². The van der Waals surface area contributed by atoms with Crippen molar-refractivity contribution in [2.75, 3.05) is 0 Å². The van der Waals surface area contributed by atoms with Crippen LogP contribution in [0.25, 0.3) is 0 Å². The number of carbonyl (C=O) groups is 1. The molecule has 2 saturated carbocycles. The second-order valence-corrected chi connectivity index (χ2v) is 13.5. The molecule has 0 aliphatic heterocycles. The number of furan rings is 1. The molecule has 0 saturated heterocycles. The smallest absolute Gasteiger partial charge is 0.287 e. The lowest BCUT2D eigenvalue weighted by atomic mass is 9.62. The fourth-order valence-corrected chi connectivity index (χ4v) is 7.44. The minimum Gasteiger partial charge on any atom is -0.456 e. The monoisotopic (exact) mass is 489 g/mol. The van der Waals surface area contributed by atoms with Gasteiger partial charge in [-0.1, -0.05) is 84.8 Å². The molecular formula is C33H47NO2. The zero-order chi connectivity index (χ0) is 25.5. The van der Waals surface area contributed by atoms with Crippen LogP contribution in [-0.4, -0.2) is 11.9 Å². The normalized spacial score (nSPS) is 25.8. The average molecular weight is 490 g/mol. The lowest BCUT2D eigenvalue weighted by molar-refractivity contribution is 0.0831. The molecule has 0 spiro atoms. The minimum absolute atomic E-state index is 0.0287. The summed E-state index contributed by atoms with van der Waals surface area (Å²) in [6, 6.07) is 9.02. The molecule has 1 N–H and O–H groups in total. The predicted molar refractivity (Wildman–Crippen MR) is 148 cm³/mol. The van der Waals surface area contributed by atoms with Crippen molar-refractivity contribution in [2.24, 2.45) is 11.8 Å². The number of fused-ring (bicyclic) bond motifs is 1. The lowest BCUT2D eigenvalue weighted by Crippen LogP contribution is -2.45. The highest BCUT2D eigenvalue weighted by Gasteiger charge is 2.37. The molecule has 2 aromatic rings. The Morgan fingerprint density at radius 3 is 2.25 bits per heavy atom. The van der Waals surface area contributed by atoms with Gasteiger partial charge in [-0.15, -0.1) is 0 Å². The van der Waals surface area contributed by atoms with Crippen LogP contribution >= 0.6 is 0 Å². The van der Waals surface area contributed by atoms with Gasteiger partial charge in [-0.25, -0.2) is 0 Å². The van der Waals surface area contributed by atoms with Gasteiger partial charge in [-0.05, 0) is 89.7 Å². The molecule has 0 radical (unpaired) electrons. The number of nitrogens with one attached hydrogen (secondary N) is 1. The zero-order valence-corrected chi connectivity index (χ0v) is 23.3. The first-order valence-electron chi connectivity index (χ1n) is 14.7. The van der Waals surface area contributed by atoms with Gasteiger partial charge in [-0.2, -0.15) is 0 Å². The fraction of sp³-hybridized carbons (Fsp3) is 0.667. The third-order valence-corrected chi connectivity index (χ3v) is 9.95. The first kappa shape index (κ1) is 25.6. The van der Waals surface area contributed by atoms with Gasteiger partial charge in [0.05, 0.1) is 0 Å². The number of hydrogen-bond acceptors (Lipinski definition) is 2. The SMILES string of the molecule is Cc1cc2c(cc1Cc1ccc(C(=O)NC3CCCCC3C3CCCCC3)o1)C(C)(C)CCC2(C)C. The molecule has 3 aliphatic rings. The van der Waals surface area contributed by atoms with E-state index in [1.165, 1.54) is 86.5 Å². The third-order valence-electron chi connectivity index (χ3n) is 9.95. The van der Waals surface area contributed by atoms with Crippen molar-refractivity contribution in [1.29, 1.82) is 0 Å². The van der Waals surface area contributed by atoms with Crippen molar-refractivity contribution in [1.82, 2.24) is 5.32 Å². The van der Waals surface area contributed by atoms with Crippen molar-refractivity contribution in [3.63, 3.8) is 0 Å². The zero-order valence-electron chi connectivity index (χ0n) is 23.3. The Labute approximate surface area is 218 Å². The fourth-order valence-electron chi connectivity index (χ4n) is 7.44. The van der Waals surface area contributed by atoms with Crippen molar-refractivity contribution < 1.29 is 9.21 Å². The summed E-state index contributed by atoms with van der Waals surface area (Å²) in [6.45, 7) is 11.7. The molecule has 1 amide bonds. The van der Waals surface area contributed by atoms with Crippen molar-refractivity contribution >= 4 is 5.91 Å². The first-order chi connectivity index (χ1) is 17.1. The topological polar surface area (TPSA) is 42.2 Å². The van der Waals surface area contributed by atoms with E-state index in [-0.39, 0.29) is 16.7 Å². The van der Waals surface area contributed by atoms with Gasteiger partial charge in [0.15, 0.2) is 5.76 Å². The van der Waals surface area contributed by atoms with Gasteiger partial charge in [0.1, 0.15) is 5.76 Å². The molecule has 2 atom stereocenters. The van der Waals surface area contributed by atoms with Crippen LogP contribution < -0.4 is 5.32 Å². The molecule has 2 unspecified atom stereocenters. The molecule has 3 heteroatoms. The molecule has 0 bridgehead atoms. The highest BCUT2D eigenvalue weighted by atomic mass is 16.3. The second kappa shape index (κ2) is 10.0. The maximum absolute atomic E-state index is 13.2. The summed E-state index contributed by atoms with van der Waals surface area (Å²) in [7, 11) is 0. The average Bonchev–Trinajstić information content (AvgIpc) is 3.33. The molecular weight excluding hydrogens is 442 g/mol. The van der Waals surface area contributed by atoms with E-state index in [2.05, 4.69) is 52.1 Å². The van der Waals surface area contributed by atoms with Crippen molar-refractivity contribution in [2.45, 2.75) is 129 Å². The van der Waals surface area contributed by atoms with E-state index in [1.807, 2.05) is 12.1 Å². The number of rotatable bonds is 5. The summed E-state index contributed by atoms with van der Waals surface area (Å²) in [5.41, 5.74) is 6.02. The lowest BCUT2D eigenvalue weighted by Gasteiger charge is -2.42. The first-order valence-corrected chi connectivity index (χ1v) is 14.7. The molecule has 3 nitrogen and oxygen atoms in total. The summed E-state index contributed by atoms with van der Waals surface area (Å²) >= 11 is 0. The van der Waals surface area contributed by atoms with E-state index in [0.29, 0.717) is 17.7 Å². The number of carbonyl (C=O) groups excluding carboxylic acids is 1. The highest BCUT2D eigenvalue weighted by Crippen LogP contribution is 2.46. The molecule has 196 valence electrons. The molecule has 1 aromatic heterocycles. The summed E-state index contributed by atoms with van der Waals surface area (Å²) in [5, 5.41) is 3.40. The summed E-state index contributed by atoms with van der Waals surface area (Å²) in [5.74, 6) is 2.75. The van der Waals surface area contributed by atoms with Gasteiger partial charge >= 0.3 is 0 Å². The molecule has 2 fully saturated rings. The number of aryl methyl sites for hydroxylation is 1. The summed E-state index contributed by atoms with van der Waals surface area (Å²) in [4.78, 5) is 13.2. The Balaban J connectivity index is 1.30. The quantitative estimate of drug-likeness (QED) is 0.458. The minimum atomic E-state index is -0.0287. The van der Waals surface area contributed by atoms with Crippen LogP contribution in [0.2, 0.25) is 0 Å². The van der Waals surface area contributed by atoms with E-state index < -0.39 is 0 Å². The van der Waals surface area contributed by atoms with E-state index in [0.717, 1.165) is 24.5 Å². The maximum atomic E-state index is 13.2. The van der Waals surface area contributed by atoms with Gasteiger partial charge in [-0.3, -0.25) is 4.79 Å². The standard InChI is InChI=1S/C33H47NO2/c1-22-19-27-28(33(4,5)18-17-32(27,2)3)21-24(22)20-25-15-16-30(36-25)31(35)34-29-14-10-9-13-26(29)23-11-7-6-8-12-23/h15-16,19,21,23,26,29H,6-14,17-18,20H2,1-5H3,(H,34,35). The van der Waals surface area contributed by atoms with Crippen molar-refractivity contribution in [3.8, 4) is 0 Å². The van der Waals surface area contributed by atoms with Gasteiger partial charge in [0.25, 0.3) is 5.91 Å². The number of amides is 1. The molecule has 1 aromatic carbocycles. The maximum Gasteiger partial charge on any atom is 0.287 e. The number of hydrogen-bond donors (Lipinski definition) is 1. The van der Waals surface area contributed by atoms with Gasteiger partial charge in [0, 0.05) is 12.5 Å². The van der Waals surface area contributed by atoms with Crippen LogP contribution in [-0.2, 0) is 17.3 Å². The largest absolute Gasteiger partial charge is 0.456 e. The van der Waals surface area contributed by atoms with E-state index in [9.17, 15) is 4.79 Å². The van der Waals surface area contributed by atoms with E-state index >= 15 is 0 Å². The van der Waals surface area contributed by atoms with E-state index in [1.54, 1.807) is 0 Å². The Morgan fingerprint density at radius 1 is 0.889 bits per heavy atom.